The number of alkyl halides is 3. The third-order valence-electron chi connectivity index (χ3n) is 4.93. The molecule has 2 aromatic carbocycles. The van der Waals surface area contributed by atoms with Gasteiger partial charge in [0.2, 0.25) is 0 Å². The van der Waals surface area contributed by atoms with Gasteiger partial charge >= 0.3 is 6.18 Å². The van der Waals surface area contributed by atoms with Crippen molar-refractivity contribution in [1.29, 1.82) is 0 Å². The van der Waals surface area contributed by atoms with Crippen molar-refractivity contribution in [1.82, 2.24) is 0 Å². The quantitative estimate of drug-likeness (QED) is 0.606. The average molecular weight is 350 g/mol. The Morgan fingerprint density at radius 3 is 2.58 bits per heavy atom. The fourth-order valence-electron chi connectivity index (χ4n) is 3.81. The van der Waals surface area contributed by atoms with Crippen LogP contribution in [0.5, 0.6) is 0 Å². The zero-order chi connectivity index (χ0) is 16.9. The van der Waals surface area contributed by atoms with Crippen molar-refractivity contribution in [3.05, 3.63) is 76.3 Å². The van der Waals surface area contributed by atoms with Crippen LogP contribution in [0.1, 0.15) is 35.1 Å². The second-order valence-electron chi connectivity index (χ2n) is 6.30. The number of hydrogen-bond acceptors (Lipinski definition) is 1. The molecule has 2 aliphatic rings. The van der Waals surface area contributed by atoms with Crippen molar-refractivity contribution in [2.24, 2.45) is 5.92 Å². The highest BCUT2D eigenvalue weighted by Crippen LogP contribution is 2.51. The number of nitrogens with one attached hydrogen (secondary N) is 1. The van der Waals surface area contributed by atoms with Crippen LogP contribution in [0.15, 0.2) is 54.6 Å². The molecule has 0 saturated heterocycles. The molecule has 4 rings (SSSR count). The van der Waals surface area contributed by atoms with Crippen molar-refractivity contribution in [2.75, 3.05) is 5.32 Å². The molecule has 5 heteroatoms. The standard InChI is InChI=1S/C19H15ClF3N/c20-16-7-2-1-4-14(16)18-13-6-3-5-12(13)15-10-11(19(21,22)23)8-9-17(15)24-18/h1-5,7-10,12-13,18,24H,6H2/t12-,13+,18-/m1/s1. The van der Waals surface area contributed by atoms with Crippen LogP contribution in [-0.4, -0.2) is 0 Å². The van der Waals surface area contributed by atoms with Gasteiger partial charge in [-0.3, -0.25) is 0 Å². The summed E-state index contributed by atoms with van der Waals surface area (Å²) in [6.45, 7) is 0. The summed E-state index contributed by atoms with van der Waals surface area (Å²) >= 11 is 6.35. The fraction of sp³-hybridized carbons (Fsp3) is 0.263. The third kappa shape index (κ3) is 2.49. The molecule has 0 fully saturated rings. The second-order valence-corrected chi connectivity index (χ2v) is 6.70. The smallest absolute Gasteiger partial charge is 0.378 e. The zero-order valence-electron chi connectivity index (χ0n) is 12.6. The van der Waals surface area contributed by atoms with Gasteiger partial charge in [-0.25, -0.2) is 0 Å². The van der Waals surface area contributed by atoms with Gasteiger partial charge in [-0.1, -0.05) is 42.0 Å². The normalized spacial score (nSPS) is 25.1. The van der Waals surface area contributed by atoms with E-state index in [0.29, 0.717) is 10.6 Å². The van der Waals surface area contributed by atoms with Gasteiger partial charge in [0.1, 0.15) is 0 Å². The molecule has 124 valence electrons. The van der Waals surface area contributed by atoms with Crippen molar-refractivity contribution < 1.29 is 13.2 Å². The van der Waals surface area contributed by atoms with Gasteiger partial charge in [0, 0.05) is 16.6 Å². The molecule has 3 atom stereocenters. The molecule has 1 N–H and O–H groups in total. The SMILES string of the molecule is FC(F)(F)c1ccc2c(c1)[C@@H]1C=CC[C@@H]1[C@H](c1ccccc1Cl)N2. The maximum atomic E-state index is 13.0. The van der Waals surface area contributed by atoms with Crippen LogP contribution < -0.4 is 5.32 Å². The minimum absolute atomic E-state index is 0.0112. The van der Waals surface area contributed by atoms with Crippen molar-refractivity contribution in [3.8, 4) is 0 Å². The fourth-order valence-corrected chi connectivity index (χ4v) is 4.06. The molecule has 1 aliphatic heterocycles. The maximum Gasteiger partial charge on any atom is 0.416 e. The lowest BCUT2D eigenvalue weighted by Crippen LogP contribution is -2.29. The van der Waals surface area contributed by atoms with Gasteiger partial charge in [-0.15, -0.1) is 0 Å². The Hall–Kier alpha value is -1.94. The molecule has 0 unspecified atom stereocenters. The molecular formula is C19H15ClF3N. The third-order valence-corrected chi connectivity index (χ3v) is 5.27. The summed E-state index contributed by atoms with van der Waals surface area (Å²) in [5, 5.41) is 4.09. The van der Waals surface area contributed by atoms with Crippen molar-refractivity contribution in [2.45, 2.75) is 24.6 Å². The summed E-state index contributed by atoms with van der Waals surface area (Å²) in [6.07, 6.45) is 0.570. The molecule has 1 nitrogen and oxygen atoms in total. The van der Waals surface area contributed by atoms with Gasteiger partial charge in [0.25, 0.3) is 0 Å². The van der Waals surface area contributed by atoms with Gasteiger partial charge < -0.3 is 5.32 Å². The number of anilines is 1. The molecule has 1 aliphatic carbocycles. The van der Waals surface area contributed by atoms with Gasteiger partial charge in [0.05, 0.1) is 11.6 Å². The average Bonchev–Trinajstić information content (AvgIpc) is 3.03. The van der Waals surface area contributed by atoms with Crippen LogP contribution in [-0.2, 0) is 6.18 Å². The summed E-state index contributed by atoms with van der Waals surface area (Å²) in [6, 6.07) is 11.6. The van der Waals surface area contributed by atoms with Crippen LogP contribution in [0, 0.1) is 5.92 Å². The van der Waals surface area contributed by atoms with Crippen LogP contribution in [0.25, 0.3) is 0 Å². The molecule has 1 heterocycles. The van der Waals surface area contributed by atoms with E-state index in [0.717, 1.165) is 23.7 Å². The molecule has 0 radical (unpaired) electrons. The Labute approximate surface area is 143 Å². The Balaban J connectivity index is 1.79. The lowest BCUT2D eigenvalue weighted by Gasteiger charge is -2.38. The molecular weight excluding hydrogens is 335 g/mol. The summed E-state index contributed by atoms with van der Waals surface area (Å²) in [7, 11) is 0. The first-order valence-electron chi connectivity index (χ1n) is 7.84. The largest absolute Gasteiger partial charge is 0.416 e. The minimum Gasteiger partial charge on any atom is -0.378 e. The highest BCUT2D eigenvalue weighted by molar-refractivity contribution is 6.31. The van der Waals surface area contributed by atoms with Crippen molar-refractivity contribution >= 4 is 17.3 Å². The van der Waals surface area contributed by atoms with E-state index >= 15 is 0 Å². The molecule has 0 bridgehead atoms. The molecule has 24 heavy (non-hydrogen) atoms. The van der Waals surface area contributed by atoms with E-state index in [1.165, 1.54) is 12.1 Å². The lowest BCUT2D eigenvalue weighted by atomic mass is 9.76. The molecule has 0 aromatic heterocycles. The van der Waals surface area contributed by atoms with Gasteiger partial charge in [0.15, 0.2) is 0 Å². The first-order valence-corrected chi connectivity index (χ1v) is 8.22. The summed E-state index contributed by atoms with van der Waals surface area (Å²) < 4.78 is 39.1. The first kappa shape index (κ1) is 15.6. The summed E-state index contributed by atoms with van der Waals surface area (Å²) in [5.41, 5.74) is 1.86. The maximum absolute atomic E-state index is 13.0. The van der Waals surface area contributed by atoms with Crippen molar-refractivity contribution in [3.63, 3.8) is 0 Å². The van der Waals surface area contributed by atoms with E-state index in [1.54, 1.807) is 0 Å². The van der Waals surface area contributed by atoms with E-state index < -0.39 is 11.7 Å². The Bertz CT molecular complexity index is 812. The molecule has 0 spiro atoms. The topological polar surface area (TPSA) is 12.0 Å². The van der Waals surface area contributed by atoms with Crippen LogP contribution in [0.4, 0.5) is 18.9 Å². The highest BCUT2D eigenvalue weighted by Gasteiger charge is 2.40. The highest BCUT2D eigenvalue weighted by atomic mass is 35.5. The Morgan fingerprint density at radius 2 is 1.83 bits per heavy atom. The number of benzene rings is 2. The predicted octanol–water partition coefficient (Wildman–Crippen LogP) is 6.19. The number of fused-ring (bicyclic) bond motifs is 3. The first-order chi connectivity index (χ1) is 11.4. The number of rotatable bonds is 1. The number of allylic oxidation sites excluding steroid dienone is 2. The second kappa shape index (κ2) is 5.55. The molecule has 0 saturated carbocycles. The molecule has 2 aromatic rings. The van der Waals surface area contributed by atoms with Crippen LogP contribution in [0.2, 0.25) is 5.02 Å². The van der Waals surface area contributed by atoms with Gasteiger partial charge in [-0.05, 0) is 47.7 Å². The zero-order valence-corrected chi connectivity index (χ0v) is 13.4. The lowest BCUT2D eigenvalue weighted by molar-refractivity contribution is -0.137. The Morgan fingerprint density at radius 1 is 1.04 bits per heavy atom. The van der Waals surface area contributed by atoms with E-state index in [9.17, 15) is 13.2 Å². The summed E-state index contributed by atoms with van der Waals surface area (Å²) in [4.78, 5) is 0. The monoisotopic (exact) mass is 349 g/mol. The van der Waals surface area contributed by atoms with E-state index in [2.05, 4.69) is 11.4 Å². The van der Waals surface area contributed by atoms with Crippen LogP contribution >= 0.6 is 11.6 Å². The predicted molar refractivity (Wildman–Crippen MR) is 89.2 cm³/mol. The van der Waals surface area contributed by atoms with E-state index in [1.807, 2.05) is 30.3 Å². The van der Waals surface area contributed by atoms with E-state index in [4.69, 9.17) is 11.6 Å². The summed E-state index contributed by atoms with van der Waals surface area (Å²) in [5.74, 6) is 0.144. The Kier molecular flexibility index (Phi) is 3.61. The van der Waals surface area contributed by atoms with E-state index in [-0.39, 0.29) is 17.9 Å². The number of halogens is 4. The number of hydrogen-bond donors (Lipinski definition) is 1. The minimum atomic E-state index is -4.33. The molecule has 0 amide bonds. The van der Waals surface area contributed by atoms with Crippen LogP contribution in [0.3, 0.4) is 0 Å². The van der Waals surface area contributed by atoms with Gasteiger partial charge in [-0.2, -0.15) is 13.2 Å².